The molecule has 0 saturated carbocycles. The summed E-state index contributed by atoms with van der Waals surface area (Å²) in [7, 11) is 0. The lowest BCUT2D eigenvalue weighted by atomic mass is 10.1. The van der Waals surface area contributed by atoms with Gasteiger partial charge >= 0.3 is 0 Å². The van der Waals surface area contributed by atoms with Gasteiger partial charge in [0.25, 0.3) is 0 Å². The summed E-state index contributed by atoms with van der Waals surface area (Å²) in [5, 5.41) is 8.72. The van der Waals surface area contributed by atoms with Crippen molar-refractivity contribution in [3.05, 3.63) is 18.3 Å². The minimum Gasteiger partial charge on any atom is -0.493 e. The van der Waals surface area contributed by atoms with Crippen molar-refractivity contribution in [3.8, 4) is 11.9 Å². The Morgan fingerprint density at radius 3 is 3.25 bits per heavy atom. The number of nitrogens with two attached hydrogens (primary N) is 1. The summed E-state index contributed by atoms with van der Waals surface area (Å²) in [6.07, 6.45) is 4.78. The first-order chi connectivity index (χ1) is 7.78. The summed E-state index contributed by atoms with van der Waals surface area (Å²) in [5.41, 5.74) is 5.54. The summed E-state index contributed by atoms with van der Waals surface area (Å²) in [6, 6.07) is 3.49. The van der Waals surface area contributed by atoms with Crippen molar-refractivity contribution in [2.75, 3.05) is 25.4 Å². The minimum atomic E-state index is 0.425. The number of hydrogen-bond donors (Lipinski definition) is 1. The van der Waals surface area contributed by atoms with Crippen molar-refractivity contribution in [2.45, 2.75) is 6.42 Å². The average Bonchev–Trinajstić information content (AvgIpc) is 2.74. The van der Waals surface area contributed by atoms with Crippen molar-refractivity contribution in [1.82, 2.24) is 9.88 Å². The predicted octanol–water partition coefficient (Wildman–Crippen LogP) is 0.846. The molecule has 84 valence electrons. The summed E-state index contributed by atoms with van der Waals surface area (Å²) < 4.78 is 5.61. The largest absolute Gasteiger partial charge is 0.493 e. The lowest BCUT2D eigenvalue weighted by Crippen LogP contribution is -2.17. The van der Waals surface area contributed by atoms with E-state index in [2.05, 4.69) is 11.2 Å². The first-order valence-electron chi connectivity index (χ1n) is 5.27. The maximum Gasteiger partial charge on any atom is 0.179 e. The van der Waals surface area contributed by atoms with Crippen LogP contribution in [0.5, 0.6) is 5.75 Å². The van der Waals surface area contributed by atoms with Crippen molar-refractivity contribution >= 4 is 5.82 Å². The quantitative estimate of drug-likeness (QED) is 0.761. The topological polar surface area (TPSA) is 75.2 Å². The Morgan fingerprint density at radius 2 is 2.56 bits per heavy atom. The summed E-state index contributed by atoms with van der Waals surface area (Å²) >= 11 is 0. The number of nitrogens with zero attached hydrogens (tertiary/aromatic N) is 3. The zero-order valence-corrected chi connectivity index (χ0v) is 8.97. The SMILES string of the molecule is N#CN1CCC(COc2ccnc(N)c2)C1. The van der Waals surface area contributed by atoms with Crippen LogP contribution in [0.2, 0.25) is 0 Å². The van der Waals surface area contributed by atoms with E-state index in [1.165, 1.54) is 0 Å². The van der Waals surface area contributed by atoms with E-state index in [1.807, 2.05) is 0 Å². The number of nitrogen functional groups attached to an aromatic ring is 1. The zero-order chi connectivity index (χ0) is 11.4. The molecule has 0 amide bonds. The maximum absolute atomic E-state index is 8.72. The molecule has 5 nitrogen and oxygen atoms in total. The predicted molar refractivity (Wildman–Crippen MR) is 59.4 cm³/mol. The van der Waals surface area contributed by atoms with Crippen LogP contribution in [-0.2, 0) is 0 Å². The van der Waals surface area contributed by atoms with Gasteiger partial charge < -0.3 is 15.4 Å². The van der Waals surface area contributed by atoms with Gasteiger partial charge in [0, 0.05) is 31.3 Å². The summed E-state index contributed by atoms with van der Waals surface area (Å²) in [4.78, 5) is 5.65. The first kappa shape index (κ1) is 10.6. The van der Waals surface area contributed by atoms with Gasteiger partial charge in [-0.1, -0.05) is 0 Å². The Morgan fingerprint density at radius 1 is 1.69 bits per heavy atom. The molecule has 1 saturated heterocycles. The maximum atomic E-state index is 8.72. The van der Waals surface area contributed by atoms with E-state index in [9.17, 15) is 0 Å². The second kappa shape index (κ2) is 4.71. The van der Waals surface area contributed by atoms with Gasteiger partial charge in [-0.3, -0.25) is 0 Å². The van der Waals surface area contributed by atoms with Crippen LogP contribution in [0.25, 0.3) is 0 Å². The van der Waals surface area contributed by atoms with E-state index in [0.29, 0.717) is 18.3 Å². The Kier molecular flexibility index (Phi) is 3.10. The molecule has 2 heterocycles. The van der Waals surface area contributed by atoms with E-state index in [-0.39, 0.29) is 0 Å². The van der Waals surface area contributed by atoms with Crippen LogP contribution < -0.4 is 10.5 Å². The summed E-state index contributed by atoms with van der Waals surface area (Å²) in [5.74, 6) is 1.62. The van der Waals surface area contributed by atoms with Crippen LogP contribution in [0, 0.1) is 17.4 Å². The highest BCUT2D eigenvalue weighted by Gasteiger charge is 2.21. The molecule has 0 bridgehead atoms. The van der Waals surface area contributed by atoms with Gasteiger partial charge in [0.1, 0.15) is 11.6 Å². The van der Waals surface area contributed by atoms with Gasteiger partial charge in [-0.15, -0.1) is 0 Å². The Balaban J connectivity index is 1.82. The molecule has 0 radical (unpaired) electrons. The van der Waals surface area contributed by atoms with E-state index in [4.69, 9.17) is 15.7 Å². The van der Waals surface area contributed by atoms with Gasteiger partial charge in [-0.25, -0.2) is 4.98 Å². The molecule has 5 heteroatoms. The van der Waals surface area contributed by atoms with E-state index < -0.39 is 0 Å². The number of aromatic nitrogens is 1. The summed E-state index contributed by atoms with van der Waals surface area (Å²) in [6.45, 7) is 2.25. The highest BCUT2D eigenvalue weighted by atomic mass is 16.5. The molecule has 1 aliphatic heterocycles. The number of nitriles is 1. The third-order valence-corrected chi connectivity index (χ3v) is 2.67. The molecule has 1 unspecified atom stereocenters. The molecule has 1 atom stereocenters. The lowest BCUT2D eigenvalue weighted by Gasteiger charge is -2.11. The molecule has 1 aromatic heterocycles. The Bertz CT molecular complexity index is 401. The number of pyridine rings is 1. The molecule has 0 aromatic carbocycles. The molecule has 0 aliphatic carbocycles. The third-order valence-electron chi connectivity index (χ3n) is 2.67. The molecular weight excluding hydrogens is 204 g/mol. The van der Waals surface area contributed by atoms with Crippen LogP contribution in [-0.4, -0.2) is 29.6 Å². The number of rotatable bonds is 3. The fourth-order valence-electron chi connectivity index (χ4n) is 1.79. The Labute approximate surface area is 94.4 Å². The van der Waals surface area contributed by atoms with Gasteiger partial charge in [-0.2, -0.15) is 5.26 Å². The fourth-order valence-corrected chi connectivity index (χ4v) is 1.79. The molecule has 2 N–H and O–H groups in total. The van der Waals surface area contributed by atoms with Crippen LogP contribution in [0.1, 0.15) is 6.42 Å². The molecule has 0 spiro atoms. The standard InChI is InChI=1S/C11H14N4O/c12-8-15-4-2-9(6-15)7-16-10-1-3-14-11(13)5-10/h1,3,5,9H,2,4,6-7H2,(H2,13,14). The van der Waals surface area contributed by atoms with Crippen molar-refractivity contribution < 1.29 is 4.74 Å². The highest BCUT2D eigenvalue weighted by molar-refractivity contribution is 5.35. The van der Waals surface area contributed by atoms with Crippen LogP contribution in [0.15, 0.2) is 18.3 Å². The average molecular weight is 218 g/mol. The van der Waals surface area contributed by atoms with Crippen molar-refractivity contribution in [1.29, 1.82) is 5.26 Å². The fraction of sp³-hybridized carbons (Fsp3) is 0.455. The van der Waals surface area contributed by atoms with Gasteiger partial charge in [0.05, 0.1) is 6.61 Å². The van der Waals surface area contributed by atoms with Gasteiger partial charge in [0.15, 0.2) is 6.19 Å². The van der Waals surface area contributed by atoms with Gasteiger partial charge in [-0.05, 0) is 12.5 Å². The van der Waals surface area contributed by atoms with E-state index >= 15 is 0 Å². The van der Waals surface area contributed by atoms with Crippen molar-refractivity contribution in [2.24, 2.45) is 5.92 Å². The second-order valence-corrected chi connectivity index (χ2v) is 3.93. The van der Waals surface area contributed by atoms with E-state index in [1.54, 1.807) is 23.2 Å². The molecule has 1 aromatic rings. The molecular formula is C11H14N4O. The number of anilines is 1. The monoisotopic (exact) mass is 218 g/mol. The van der Waals surface area contributed by atoms with Crippen LogP contribution >= 0.6 is 0 Å². The smallest absolute Gasteiger partial charge is 0.179 e. The van der Waals surface area contributed by atoms with Gasteiger partial charge in [0.2, 0.25) is 0 Å². The lowest BCUT2D eigenvalue weighted by molar-refractivity contribution is 0.253. The van der Waals surface area contributed by atoms with E-state index in [0.717, 1.165) is 25.3 Å². The second-order valence-electron chi connectivity index (χ2n) is 3.93. The molecule has 2 rings (SSSR count). The Hall–Kier alpha value is -1.96. The normalized spacial score (nSPS) is 19.4. The highest BCUT2D eigenvalue weighted by Crippen LogP contribution is 2.18. The third kappa shape index (κ3) is 2.54. The first-order valence-corrected chi connectivity index (χ1v) is 5.27. The number of likely N-dealkylation sites (tertiary alicyclic amines) is 1. The number of ether oxygens (including phenoxy) is 1. The molecule has 16 heavy (non-hydrogen) atoms. The van der Waals surface area contributed by atoms with Crippen molar-refractivity contribution in [3.63, 3.8) is 0 Å². The van der Waals surface area contributed by atoms with Crippen LogP contribution in [0.4, 0.5) is 5.82 Å². The van der Waals surface area contributed by atoms with Crippen LogP contribution in [0.3, 0.4) is 0 Å². The zero-order valence-electron chi connectivity index (χ0n) is 8.97. The molecule has 1 fully saturated rings. The minimum absolute atomic E-state index is 0.425. The molecule has 1 aliphatic rings. The number of hydrogen-bond acceptors (Lipinski definition) is 5.